The van der Waals surface area contributed by atoms with Crippen LogP contribution in [0.4, 0.5) is 17.6 Å². The minimum absolute atomic E-state index is 0.0568. The molecule has 0 saturated carbocycles. The van der Waals surface area contributed by atoms with Crippen molar-refractivity contribution in [3.05, 3.63) is 41.5 Å². The summed E-state index contributed by atoms with van der Waals surface area (Å²) >= 11 is 0. The van der Waals surface area contributed by atoms with E-state index in [1.807, 2.05) is 0 Å². The lowest BCUT2D eigenvalue weighted by Gasteiger charge is -2.05. The van der Waals surface area contributed by atoms with Gasteiger partial charge >= 0.3 is 0 Å². The summed E-state index contributed by atoms with van der Waals surface area (Å²) in [5, 5.41) is 25.1. The number of hydrogen-bond donors (Lipinski definition) is 5. The van der Waals surface area contributed by atoms with Gasteiger partial charge in [-0.05, 0) is 6.07 Å². The van der Waals surface area contributed by atoms with Gasteiger partial charge in [0.1, 0.15) is 5.82 Å². The fourth-order valence-electron chi connectivity index (χ4n) is 1.83. The van der Waals surface area contributed by atoms with Gasteiger partial charge in [0.25, 0.3) is 5.91 Å². The Balaban J connectivity index is 1.63. The predicted octanol–water partition coefficient (Wildman–Crippen LogP) is 0.135. The summed E-state index contributed by atoms with van der Waals surface area (Å²) in [6.07, 6.45) is 1.56. The molecule has 0 aliphatic rings. The van der Waals surface area contributed by atoms with Gasteiger partial charge in [0, 0.05) is 18.3 Å². The molecule has 0 fully saturated rings. The van der Waals surface area contributed by atoms with Gasteiger partial charge in [0.05, 0.1) is 18.8 Å². The number of nitrogens with one attached hydrogen (secondary N) is 3. The van der Waals surface area contributed by atoms with Crippen molar-refractivity contribution in [3.63, 3.8) is 0 Å². The summed E-state index contributed by atoms with van der Waals surface area (Å²) in [6, 6.07) is 4.77. The van der Waals surface area contributed by atoms with Crippen LogP contribution < -0.4 is 16.4 Å². The number of nitrogens with zero attached hydrogens (tertiary/aromatic N) is 4. The molecule has 0 spiro atoms. The molecule has 6 N–H and O–H groups in total. The number of carbonyl (C=O) groups is 1. The zero-order valence-corrected chi connectivity index (χ0v) is 12.4. The Kier molecular flexibility index (Phi) is 4.34. The Morgan fingerprint density at radius 3 is 2.96 bits per heavy atom. The average molecular weight is 330 g/mol. The van der Waals surface area contributed by atoms with Crippen LogP contribution in [0.5, 0.6) is 0 Å². The van der Waals surface area contributed by atoms with Crippen LogP contribution in [0, 0.1) is 0 Å². The van der Waals surface area contributed by atoms with Gasteiger partial charge in [-0.1, -0.05) is 5.16 Å². The van der Waals surface area contributed by atoms with E-state index in [-0.39, 0.29) is 18.8 Å². The van der Waals surface area contributed by atoms with Gasteiger partial charge in [-0.2, -0.15) is 10.1 Å². The predicted molar refractivity (Wildman–Crippen MR) is 82.2 cm³/mol. The van der Waals surface area contributed by atoms with E-state index >= 15 is 0 Å². The van der Waals surface area contributed by atoms with Crippen molar-refractivity contribution < 1.29 is 14.4 Å². The van der Waals surface area contributed by atoms with Gasteiger partial charge in [-0.15, -0.1) is 0 Å². The van der Waals surface area contributed by atoms with Gasteiger partial charge in [-0.3, -0.25) is 9.89 Å². The van der Waals surface area contributed by atoms with E-state index in [1.165, 1.54) is 6.07 Å². The quantitative estimate of drug-likeness (QED) is 0.404. The van der Waals surface area contributed by atoms with Crippen LogP contribution in [0.2, 0.25) is 0 Å². The fourth-order valence-corrected chi connectivity index (χ4v) is 1.83. The number of anilines is 3. The largest absolute Gasteiger partial charge is 0.390 e. The molecule has 0 saturated heterocycles. The molecular formula is C13H14N8O3. The lowest BCUT2D eigenvalue weighted by atomic mass is 10.3. The molecule has 11 nitrogen and oxygen atoms in total. The summed E-state index contributed by atoms with van der Waals surface area (Å²) < 4.78 is 4.97. The summed E-state index contributed by atoms with van der Waals surface area (Å²) in [7, 11) is 0. The molecule has 3 heterocycles. The molecule has 0 bridgehead atoms. The minimum atomic E-state index is -0.659. The van der Waals surface area contributed by atoms with Crippen molar-refractivity contribution in [1.29, 1.82) is 0 Å². The monoisotopic (exact) mass is 330 g/mol. The molecular weight excluding hydrogens is 316 g/mol. The Morgan fingerprint density at radius 2 is 2.25 bits per heavy atom. The highest BCUT2D eigenvalue weighted by atomic mass is 16.5. The van der Waals surface area contributed by atoms with Crippen LogP contribution in [-0.2, 0) is 13.2 Å². The number of aliphatic hydroxyl groups excluding tert-OH is 1. The summed E-state index contributed by atoms with van der Waals surface area (Å²) in [4.78, 5) is 19.3. The van der Waals surface area contributed by atoms with Crippen molar-refractivity contribution in [2.45, 2.75) is 13.2 Å². The number of amides is 1. The zero-order chi connectivity index (χ0) is 16.9. The Bertz CT molecular complexity index is 843. The lowest BCUT2D eigenvalue weighted by molar-refractivity contribution is 0.0991. The molecule has 0 atom stereocenters. The number of hydrogen-bond acceptors (Lipinski definition) is 9. The number of nitrogens with two attached hydrogens (primary N) is 1. The molecule has 0 aliphatic heterocycles. The number of carbonyl (C=O) groups excluding carboxylic acids is 1. The standard InChI is InChI=1S/C13H14N8O3/c14-12(23)9-4-8(24-21-9)5-16-13-15-2-1-10(18-13)17-11-3-7(6-22)19-20-11/h1-4,22H,5-6H2,(H2,14,23)(H3,15,16,17,18,19,20). The minimum Gasteiger partial charge on any atom is -0.390 e. The molecule has 3 rings (SSSR count). The second-order valence-electron chi connectivity index (χ2n) is 4.72. The third kappa shape index (κ3) is 3.64. The van der Waals surface area contributed by atoms with Crippen LogP contribution in [0.1, 0.15) is 21.9 Å². The second kappa shape index (κ2) is 6.75. The van der Waals surface area contributed by atoms with Crippen molar-refractivity contribution in [3.8, 4) is 0 Å². The van der Waals surface area contributed by atoms with Crippen LogP contribution >= 0.6 is 0 Å². The average Bonchev–Trinajstić information content (AvgIpc) is 3.22. The van der Waals surface area contributed by atoms with Gasteiger partial charge in [-0.25, -0.2) is 4.98 Å². The fraction of sp³-hybridized carbons (Fsp3) is 0.154. The molecule has 11 heteroatoms. The molecule has 0 aromatic carbocycles. The number of aromatic amines is 1. The molecule has 124 valence electrons. The van der Waals surface area contributed by atoms with E-state index in [2.05, 4.69) is 36.0 Å². The third-order valence-corrected chi connectivity index (χ3v) is 2.95. The van der Waals surface area contributed by atoms with Crippen molar-refractivity contribution in [2.24, 2.45) is 5.73 Å². The highest BCUT2D eigenvalue weighted by Crippen LogP contribution is 2.14. The first-order valence-electron chi connectivity index (χ1n) is 6.88. The number of aliphatic hydroxyl groups is 1. The van der Waals surface area contributed by atoms with E-state index < -0.39 is 5.91 Å². The highest BCUT2D eigenvalue weighted by Gasteiger charge is 2.09. The molecule has 0 radical (unpaired) electrons. The first-order chi connectivity index (χ1) is 11.6. The van der Waals surface area contributed by atoms with Gasteiger partial charge in [0.2, 0.25) is 5.95 Å². The summed E-state index contributed by atoms with van der Waals surface area (Å²) in [5.41, 5.74) is 5.74. The van der Waals surface area contributed by atoms with Gasteiger partial charge in [0.15, 0.2) is 17.3 Å². The molecule has 3 aromatic rings. The SMILES string of the molecule is NC(=O)c1cc(CNc2nccc(Nc3cc(CO)[nH]n3)n2)on1. The Morgan fingerprint density at radius 1 is 1.38 bits per heavy atom. The van der Waals surface area contributed by atoms with E-state index in [9.17, 15) is 4.79 Å². The highest BCUT2D eigenvalue weighted by molar-refractivity contribution is 5.90. The van der Waals surface area contributed by atoms with Crippen LogP contribution in [0.25, 0.3) is 0 Å². The van der Waals surface area contributed by atoms with Crippen LogP contribution in [0.3, 0.4) is 0 Å². The maximum absolute atomic E-state index is 11.0. The van der Waals surface area contributed by atoms with Crippen LogP contribution in [0.15, 0.2) is 28.9 Å². The first kappa shape index (κ1) is 15.4. The molecule has 1 amide bonds. The van der Waals surface area contributed by atoms with Crippen molar-refractivity contribution >= 4 is 23.5 Å². The zero-order valence-electron chi connectivity index (χ0n) is 12.4. The van der Waals surface area contributed by atoms with E-state index in [0.717, 1.165) is 0 Å². The topological polar surface area (TPSA) is 168 Å². The third-order valence-electron chi connectivity index (χ3n) is 2.95. The molecule has 24 heavy (non-hydrogen) atoms. The van der Waals surface area contributed by atoms with E-state index in [4.69, 9.17) is 15.4 Å². The summed E-state index contributed by atoms with van der Waals surface area (Å²) in [6.45, 7) is 0.108. The second-order valence-corrected chi connectivity index (χ2v) is 4.72. The Labute approximate surface area is 135 Å². The number of aromatic nitrogens is 5. The lowest BCUT2D eigenvalue weighted by Crippen LogP contribution is -2.10. The maximum Gasteiger partial charge on any atom is 0.270 e. The first-order valence-corrected chi connectivity index (χ1v) is 6.88. The maximum atomic E-state index is 11.0. The van der Waals surface area contributed by atoms with Crippen LogP contribution in [-0.4, -0.2) is 36.3 Å². The van der Waals surface area contributed by atoms with E-state index in [0.29, 0.717) is 29.0 Å². The van der Waals surface area contributed by atoms with Crippen molar-refractivity contribution in [2.75, 3.05) is 10.6 Å². The molecule has 0 unspecified atom stereocenters. The van der Waals surface area contributed by atoms with Crippen molar-refractivity contribution in [1.82, 2.24) is 25.3 Å². The number of rotatable bonds is 7. The number of primary amides is 1. The van der Waals surface area contributed by atoms with Gasteiger partial charge < -0.3 is 26.0 Å². The smallest absolute Gasteiger partial charge is 0.270 e. The summed E-state index contributed by atoms with van der Waals surface area (Å²) in [5.74, 6) is 1.14. The molecule has 3 aromatic heterocycles. The Hall–Kier alpha value is -3.47. The van der Waals surface area contributed by atoms with E-state index in [1.54, 1.807) is 18.3 Å². The number of H-pyrrole nitrogens is 1. The molecule has 0 aliphatic carbocycles. The normalized spacial score (nSPS) is 10.5.